The van der Waals surface area contributed by atoms with E-state index in [1.54, 1.807) is 27.5 Å². The number of methoxy groups -OCH3 is 3. The normalized spacial score (nSPS) is 10.7. The Morgan fingerprint density at radius 3 is 2.46 bits per heavy atom. The van der Waals surface area contributed by atoms with Gasteiger partial charge in [-0.15, -0.1) is 0 Å². The van der Waals surface area contributed by atoms with Crippen LogP contribution in [0.25, 0.3) is 10.9 Å². The zero-order valence-corrected chi connectivity index (χ0v) is 14.0. The predicted molar refractivity (Wildman–Crippen MR) is 89.7 cm³/mol. The van der Waals surface area contributed by atoms with Crippen LogP contribution in [0.4, 0.5) is 5.82 Å². The number of ether oxygens (including phenoxy) is 3. The van der Waals surface area contributed by atoms with Crippen LogP contribution in [0.3, 0.4) is 0 Å². The fourth-order valence-electron chi connectivity index (χ4n) is 2.53. The van der Waals surface area contributed by atoms with Crippen LogP contribution >= 0.6 is 0 Å². The van der Waals surface area contributed by atoms with E-state index in [1.165, 1.54) is 6.33 Å². The van der Waals surface area contributed by atoms with E-state index >= 15 is 0 Å². The number of benzene rings is 1. The third kappa shape index (κ3) is 2.66. The van der Waals surface area contributed by atoms with Crippen molar-refractivity contribution in [2.45, 2.75) is 6.54 Å². The van der Waals surface area contributed by atoms with E-state index in [0.717, 1.165) is 11.2 Å². The minimum atomic E-state index is 0.501. The third-order valence-corrected chi connectivity index (χ3v) is 3.77. The van der Waals surface area contributed by atoms with Crippen molar-refractivity contribution < 1.29 is 14.2 Å². The second-order valence-electron chi connectivity index (χ2n) is 5.07. The van der Waals surface area contributed by atoms with Crippen molar-refractivity contribution in [1.82, 2.24) is 19.5 Å². The van der Waals surface area contributed by atoms with Gasteiger partial charge in [-0.1, -0.05) is 0 Å². The first-order valence-corrected chi connectivity index (χ1v) is 7.33. The van der Waals surface area contributed by atoms with E-state index in [9.17, 15) is 0 Å². The van der Waals surface area contributed by atoms with Crippen molar-refractivity contribution in [1.29, 1.82) is 0 Å². The number of imidazole rings is 1. The van der Waals surface area contributed by atoms with Crippen LogP contribution in [0, 0.1) is 0 Å². The van der Waals surface area contributed by atoms with Crippen molar-refractivity contribution in [2.24, 2.45) is 7.05 Å². The molecule has 0 atom stereocenters. The zero-order valence-electron chi connectivity index (χ0n) is 14.0. The van der Waals surface area contributed by atoms with Crippen molar-refractivity contribution in [3.05, 3.63) is 30.6 Å². The van der Waals surface area contributed by atoms with Gasteiger partial charge in [0.1, 0.15) is 23.5 Å². The molecule has 0 fully saturated rings. The molecule has 1 N–H and O–H groups in total. The van der Waals surface area contributed by atoms with Gasteiger partial charge in [-0.25, -0.2) is 15.0 Å². The summed E-state index contributed by atoms with van der Waals surface area (Å²) >= 11 is 0. The lowest BCUT2D eigenvalue weighted by atomic mass is 10.2. The molecule has 8 heteroatoms. The number of aryl methyl sites for hydroxylation is 1. The summed E-state index contributed by atoms with van der Waals surface area (Å²) in [5.41, 5.74) is 0.646. The number of hydrogen-bond acceptors (Lipinski definition) is 7. The first kappa shape index (κ1) is 15.9. The highest BCUT2D eigenvalue weighted by Crippen LogP contribution is 2.43. The molecule has 126 valence electrons. The molecule has 0 aliphatic rings. The maximum absolute atomic E-state index is 5.48. The molecule has 0 saturated heterocycles. The van der Waals surface area contributed by atoms with E-state index in [2.05, 4.69) is 20.3 Å². The Morgan fingerprint density at radius 2 is 1.83 bits per heavy atom. The molecule has 24 heavy (non-hydrogen) atoms. The number of aromatic nitrogens is 4. The number of anilines is 1. The lowest BCUT2D eigenvalue weighted by Crippen LogP contribution is -2.08. The molecule has 0 aliphatic carbocycles. The highest BCUT2D eigenvalue weighted by Gasteiger charge is 2.19. The Bertz CT molecular complexity index is 862. The highest BCUT2D eigenvalue weighted by molar-refractivity contribution is 5.96. The Hall–Kier alpha value is -3.03. The smallest absolute Gasteiger partial charge is 0.205 e. The van der Waals surface area contributed by atoms with Gasteiger partial charge in [0.15, 0.2) is 11.5 Å². The van der Waals surface area contributed by atoms with Gasteiger partial charge >= 0.3 is 0 Å². The van der Waals surface area contributed by atoms with Crippen molar-refractivity contribution in [3.63, 3.8) is 0 Å². The standard InChI is InChI=1S/C16H19N5O3/c1-21-6-5-17-12(21)8-18-16-10-7-11(22-2)14(23-3)15(24-4)13(10)19-9-20-16/h5-7,9H,8H2,1-4H3,(H,18,19,20). The molecular weight excluding hydrogens is 310 g/mol. The van der Waals surface area contributed by atoms with Crippen LogP contribution in [0.5, 0.6) is 17.2 Å². The molecule has 0 radical (unpaired) electrons. The fourth-order valence-corrected chi connectivity index (χ4v) is 2.53. The monoisotopic (exact) mass is 329 g/mol. The second kappa shape index (κ2) is 6.61. The van der Waals surface area contributed by atoms with Gasteiger partial charge in [0.05, 0.1) is 33.3 Å². The summed E-state index contributed by atoms with van der Waals surface area (Å²) in [6.07, 6.45) is 5.13. The SMILES string of the molecule is COc1cc2c(NCc3nccn3C)ncnc2c(OC)c1OC. The van der Waals surface area contributed by atoms with Gasteiger partial charge in [0.2, 0.25) is 5.75 Å². The van der Waals surface area contributed by atoms with Crippen LogP contribution in [-0.2, 0) is 13.6 Å². The molecule has 2 heterocycles. The highest BCUT2D eigenvalue weighted by atomic mass is 16.5. The Balaban J connectivity index is 2.07. The number of fused-ring (bicyclic) bond motifs is 1. The molecule has 0 saturated carbocycles. The van der Waals surface area contributed by atoms with Gasteiger partial charge in [-0.2, -0.15) is 0 Å². The van der Waals surface area contributed by atoms with Crippen molar-refractivity contribution >= 4 is 16.7 Å². The van der Waals surface area contributed by atoms with E-state index in [1.807, 2.05) is 23.9 Å². The van der Waals surface area contributed by atoms with E-state index in [4.69, 9.17) is 14.2 Å². The molecule has 3 rings (SSSR count). The lowest BCUT2D eigenvalue weighted by molar-refractivity contribution is 0.327. The average Bonchev–Trinajstić information content (AvgIpc) is 3.02. The molecule has 0 unspecified atom stereocenters. The quantitative estimate of drug-likeness (QED) is 0.740. The first-order valence-electron chi connectivity index (χ1n) is 7.33. The molecule has 0 aliphatic heterocycles. The molecule has 3 aromatic rings. The topological polar surface area (TPSA) is 83.3 Å². The third-order valence-electron chi connectivity index (χ3n) is 3.77. The second-order valence-corrected chi connectivity index (χ2v) is 5.07. The van der Waals surface area contributed by atoms with Crippen LogP contribution < -0.4 is 19.5 Å². The van der Waals surface area contributed by atoms with Crippen molar-refractivity contribution in [3.8, 4) is 17.2 Å². The molecule has 0 bridgehead atoms. The molecule has 8 nitrogen and oxygen atoms in total. The lowest BCUT2D eigenvalue weighted by Gasteiger charge is -2.15. The maximum Gasteiger partial charge on any atom is 0.205 e. The van der Waals surface area contributed by atoms with Gasteiger partial charge in [0.25, 0.3) is 0 Å². The van der Waals surface area contributed by atoms with Crippen molar-refractivity contribution in [2.75, 3.05) is 26.6 Å². The summed E-state index contributed by atoms with van der Waals surface area (Å²) in [6.45, 7) is 0.534. The van der Waals surface area contributed by atoms with Crippen LogP contribution in [-0.4, -0.2) is 40.8 Å². The first-order chi connectivity index (χ1) is 11.7. The largest absolute Gasteiger partial charge is 0.493 e. The number of rotatable bonds is 6. The summed E-state index contributed by atoms with van der Waals surface area (Å²) in [7, 11) is 6.65. The zero-order chi connectivity index (χ0) is 17.1. The van der Waals surface area contributed by atoms with E-state index in [-0.39, 0.29) is 0 Å². The fraction of sp³-hybridized carbons (Fsp3) is 0.312. The summed E-state index contributed by atoms with van der Waals surface area (Å²) in [6, 6.07) is 1.83. The van der Waals surface area contributed by atoms with Gasteiger partial charge in [0, 0.05) is 19.4 Å². The van der Waals surface area contributed by atoms with Gasteiger partial charge < -0.3 is 24.1 Å². The average molecular weight is 329 g/mol. The molecule has 0 spiro atoms. The minimum Gasteiger partial charge on any atom is -0.493 e. The summed E-state index contributed by atoms with van der Waals surface area (Å²) in [4.78, 5) is 13.0. The van der Waals surface area contributed by atoms with Gasteiger partial charge in [-0.05, 0) is 6.07 Å². The minimum absolute atomic E-state index is 0.501. The van der Waals surface area contributed by atoms with Crippen LogP contribution in [0.1, 0.15) is 5.82 Å². The molecule has 2 aromatic heterocycles. The number of hydrogen-bond donors (Lipinski definition) is 1. The summed E-state index contributed by atoms with van der Waals surface area (Å²) < 4.78 is 18.2. The molecular formula is C16H19N5O3. The van der Waals surface area contributed by atoms with Crippen LogP contribution in [0.15, 0.2) is 24.8 Å². The van der Waals surface area contributed by atoms with Gasteiger partial charge in [-0.3, -0.25) is 0 Å². The van der Waals surface area contributed by atoms with E-state index in [0.29, 0.717) is 35.1 Å². The van der Waals surface area contributed by atoms with Crippen LogP contribution in [0.2, 0.25) is 0 Å². The summed E-state index contributed by atoms with van der Waals surface area (Å²) in [5.74, 6) is 3.13. The number of nitrogens with zero attached hydrogens (tertiary/aromatic N) is 4. The Kier molecular flexibility index (Phi) is 4.37. The Morgan fingerprint density at radius 1 is 1.04 bits per heavy atom. The molecule has 1 aromatic carbocycles. The number of nitrogens with one attached hydrogen (secondary N) is 1. The summed E-state index contributed by atoms with van der Waals surface area (Å²) in [5, 5.41) is 4.06. The Labute approximate surface area is 139 Å². The predicted octanol–water partition coefficient (Wildman–Crippen LogP) is 2.00. The maximum atomic E-state index is 5.48. The molecule has 0 amide bonds. The van der Waals surface area contributed by atoms with E-state index < -0.39 is 0 Å².